The highest BCUT2D eigenvalue weighted by Crippen LogP contribution is 2.30. The fourth-order valence-corrected chi connectivity index (χ4v) is 2.84. The Hall–Kier alpha value is -3.05. The van der Waals surface area contributed by atoms with E-state index in [1.165, 1.54) is 4.90 Å². The number of para-hydroxylation sites is 1. The van der Waals surface area contributed by atoms with E-state index >= 15 is 0 Å². The van der Waals surface area contributed by atoms with Gasteiger partial charge in [0, 0.05) is 10.6 Å². The monoisotopic (exact) mass is 367 g/mol. The number of nitrogens with zero attached hydrogens (tertiary/aromatic N) is 2. The van der Waals surface area contributed by atoms with E-state index in [1.54, 1.807) is 19.2 Å². The van der Waals surface area contributed by atoms with Gasteiger partial charge in [0.25, 0.3) is 0 Å². The minimum absolute atomic E-state index is 0.234. The number of urea groups is 1. The van der Waals surface area contributed by atoms with E-state index in [9.17, 15) is 4.79 Å². The molecule has 1 heterocycles. The number of aromatic nitrogens is 1. The van der Waals surface area contributed by atoms with E-state index in [0.29, 0.717) is 22.3 Å². The van der Waals surface area contributed by atoms with Crippen LogP contribution in [0.1, 0.15) is 5.56 Å². The molecular formula is C20H18ClN3O2. The maximum Gasteiger partial charge on any atom is 0.320 e. The van der Waals surface area contributed by atoms with Crippen LogP contribution in [-0.4, -0.2) is 18.1 Å². The summed E-state index contributed by atoms with van der Waals surface area (Å²) < 4.78 is 5.40. The number of pyridine rings is 1. The molecule has 0 saturated carbocycles. The van der Waals surface area contributed by atoms with Crippen LogP contribution in [0.25, 0.3) is 11.3 Å². The summed E-state index contributed by atoms with van der Waals surface area (Å²) >= 11 is 6.21. The van der Waals surface area contributed by atoms with Crippen LogP contribution in [0.5, 0.6) is 5.75 Å². The van der Waals surface area contributed by atoms with Gasteiger partial charge in [0.05, 0.1) is 19.3 Å². The molecule has 26 heavy (non-hydrogen) atoms. The predicted molar refractivity (Wildman–Crippen MR) is 103 cm³/mol. The standard InChI is InChI=1S/C20H18ClN3O2/c1-26-18-11-5-3-8-15(18)17-10-6-12-19(23-17)24(20(22)25)13-14-7-2-4-9-16(14)21/h2-12H,13H2,1H3,(H2,22,25). The lowest BCUT2D eigenvalue weighted by Gasteiger charge is -2.21. The molecular weight excluding hydrogens is 350 g/mol. The third-order valence-electron chi connectivity index (χ3n) is 3.95. The van der Waals surface area contributed by atoms with Gasteiger partial charge in [-0.05, 0) is 35.9 Å². The van der Waals surface area contributed by atoms with Crippen LogP contribution in [0.2, 0.25) is 5.02 Å². The summed E-state index contributed by atoms with van der Waals surface area (Å²) in [6.45, 7) is 0.234. The normalized spacial score (nSPS) is 10.4. The fraction of sp³-hybridized carbons (Fsp3) is 0.100. The average molecular weight is 368 g/mol. The van der Waals surface area contributed by atoms with Crippen molar-refractivity contribution >= 4 is 23.4 Å². The second-order valence-electron chi connectivity index (χ2n) is 5.60. The Morgan fingerprint density at radius 1 is 1.08 bits per heavy atom. The number of carbonyl (C=O) groups excluding carboxylic acids is 1. The number of anilines is 1. The van der Waals surface area contributed by atoms with Crippen molar-refractivity contribution in [3.05, 3.63) is 77.3 Å². The van der Waals surface area contributed by atoms with E-state index < -0.39 is 6.03 Å². The molecule has 1 aromatic heterocycles. The predicted octanol–water partition coefficient (Wildman–Crippen LogP) is 4.50. The van der Waals surface area contributed by atoms with Crippen LogP contribution < -0.4 is 15.4 Å². The highest BCUT2D eigenvalue weighted by atomic mass is 35.5. The lowest BCUT2D eigenvalue weighted by Crippen LogP contribution is -2.35. The van der Waals surface area contributed by atoms with Crippen molar-refractivity contribution in [3.63, 3.8) is 0 Å². The molecule has 132 valence electrons. The Morgan fingerprint density at radius 2 is 1.81 bits per heavy atom. The van der Waals surface area contributed by atoms with Gasteiger partial charge in [-0.2, -0.15) is 0 Å². The zero-order chi connectivity index (χ0) is 18.5. The Morgan fingerprint density at radius 3 is 2.54 bits per heavy atom. The number of halogens is 1. The Kier molecular flexibility index (Phi) is 5.39. The van der Waals surface area contributed by atoms with Crippen LogP contribution in [0, 0.1) is 0 Å². The Balaban J connectivity index is 1.99. The molecule has 2 aromatic carbocycles. The second kappa shape index (κ2) is 7.89. The van der Waals surface area contributed by atoms with E-state index in [-0.39, 0.29) is 6.54 Å². The first-order valence-corrected chi connectivity index (χ1v) is 8.39. The summed E-state index contributed by atoms with van der Waals surface area (Å²) in [6.07, 6.45) is 0. The highest BCUT2D eigenvalue weighted by molar-refractivity contribution is 6.31. The number of methoxy groups -OCH3 is 1. The van der Waals surface area contributed by atoms with Gasteiger partial charge in [-0.1, -0.05) is 48.0 Å². The number of ether oxygens (including phenoxy) is 1. The van der Waals surface area contributed by atoms with Crippen molar-refractivity contribution in [1.29, 1.82) is 0 Å². The van der Waals surface area contributed by atoms with Gasteiger partial charge in [0.15, 0.2) is 0 Å². The molecule has 0 fully saturated rings. The summed E-state index contributed by atoms with van der Waals surface area (Å²) in [5.41, 5.74) is 7.90. The minimum atomic E-state index is -0.602. The third kappa shape index (κ3) is 3.78. The number of nitrogens with two attached hydrogens (primary N) is 1. The number of rotatable bonds is 5. The Labute approximate surface area is 157 Å². The van der Waals surface area contributed by atoms with Crippen molar-refractivity contribution < 1.29 is 9.53 Å². The van der Waals surface area contributed by atoms with E-state index in [1.807, 2.05) is 54.6 Å². The van der Waals surface area contributed by atoms with Crippen molar-refractivity contribution in [1.82, 2.24) is 4.98 Å². The van der Waals surface area contributed by atoms with Crippen molar-refractivity contribution in [2.24, 2.45) is 5.73 Å². The maximum atomic E-state index is 12.0. The molecule has 0 aliphatic rings. The van der Waals surface area contributed by atoms with Gasteiger partial charge in [-0.3, -0.25) is 4.90 Å². The topological polar surface area (TPSA) is 68.5 Å². The fourth-order valence-electron chi connectivity index (χ4n) is 2.65. The molecule has 0 atom stereocenters. The molecule has 2 N–H and O–H groups in total. The van der Waals surface area contributed by atoms with Crippen molar-refractivity contribution in [3.8, 4) is 17.0 Å². The van der Waals surface area contributed by atoms with Crippen molar-refractivity contribution in [2.45, 2.75) is 6.54 Å². The van der Waals surface area contributed by atoms with E-state index in [0.717, 1.165) is 11.1 Å². The van der Waals surface area contributed by atoms with Gasteiger partial charge in [0.2, 0.25) is 0 Å². The first kappa shape index (κ1) is 17.8. The molecule has 0 bridgehead atoms. The number of hydrogen-bond donors (Lipinski definition) is 1. The van der Waals surface area contributed by atoms with E-state index in [4.69, 9.17) is 22.1 Å². The molecule has 3 aromatic rings. The van der Waals surface area contributed by atoms with E-state index in [2.05, 4.69) is 4.98 Å². The van der Waals surface area contributed by atoms with Crippen molar-refractivity contribution in [2.75, 3.05) is 12.0 Å². The first-order valence-electron chi connectivity index (χ1n) is 8.01. The molecule has 6 heteroatoms. The lowest BCUT2D eigenvalue weighted by molar-refractivity contribution is 0.253. The second-order valence-corrected chi connectivity index (χ2v) is 6.00. The highest BCUT2D eigenvalue weighted by Gasteiger charge is 2.17. The molecule has 0 radical (unpaired) electrons. The van der Waals surface area contributed by atoms with Gasteiger partial charge in [-0.15, -0.1) is 0 Å². The van der Waals surface area contributed by atoms with Crippen LogP contribution in [0.3, 0.4) is 0 Å². The molecule has 0 aliphatic carbocycles. The van der Waals surface area contributed by atoms with Gasteiger partial charge in [-0.25, -0.2) is 9.78 Å². The quantitative estimate of drug-likeness (QED) is 0.722. The molecule has 0 unspecified atom stereocenters. The molecule has 0 spiro atoms. The average Bonchev–Trinajstić information content (AvgIpc) is 2.67. The SMILES string of the molecule is COc1ccccc1-c1cccc(N(Cc2ccccc2Cl)C(N)=O)n1. The number of hydrogen-bond acceptors (Lipinski definition) is 3. The summed E-state index contributed by atoms with van der Waals surface area (Å²) in [6, 6.07) is 19.7. The molecule has 2 amide bonds. The minimum Gasteiger partial charge on any atom is -0.496 e. The summed E-state index contributed by atoms with van der Waals surface area (Å²) in [7, 11) is 1.61. The maximum absolute atomic E-state index is 12.0. The van der Waals surface area contributed by atoms with Crippen LogP contribution in [-0.2, 0) is 6.54 Å². The third-order valence-corrected chi connectivity index (χ3v) is 4.31. The Bertz CT molecular complexity index is 930. The number of primary amides is 1. The molecule has 5 nitrogen and oxygen atoms in total. The summed E-state index contributed by atoms with van der Waals surface area (Å²) in [5, 5.41) is 0.569. The zero-order valence-corrected chi connectivity index (χ0v) is 15.0. The number of carbonyl (C=O) groups is 1. The molecule has 0 aliphatic heterocycles. The largest absolute Gasteiger partial charge is 0.496 e. The van der Waals surface area contributed by atoms with Crippen LogP contribution in [0.15, 0.2) is 66.7 Å². The zero-order valence-electron chi connectivity index (χ0n) is 14.2. The number of benzene rings is 2. The molecule has 0 saturated heterocycles. The van der Waals surface area contributed by atoms with Gasteiger partial charge in [0.1, 0.15) is 11.6 Å². The summed E-state index contributed by atoms with van der Waals surface area (Å²) in [4.78, 5) is 18.0. The van der Waals surface area contributed by atoms with Crippen LogP contribution >= 0.6 is 11.6 Å². The first-order chi connectivity index (χ1) is 12.6. The molecule has 3 rings (SSSR count). The van der Waals surface area contributed by atoms with Crippen LogP contribution in [0.4, 0.5) is 10.6 Å². The summed E-state index contributed by atoms with van der Waals surface area (Å²) in [5.74, 6) is 1.15. The smallest absolute Gasteiger partial charge is 0.320 e. The lowest BCUT2D eigenvalue weighted by atomic mass is 10.1. The van der Waals surface area contributed by atoms with Gasteiger partial charge >= 0.3 is 6.03 Å². The van der Waals surface area contributed by atoms with Gasteiger partial charge < -0.3 is 10.5 Å². The number of amides is 2.